The number of carbonyl (C=O) groups is 1. The number of hydrogen-bond donors (Lipinski definition) is 1. The fraction of sp³-hybridized carbons (Fsp3) is 0.588. The molecule has 2 aliphatic rings. The fourth-order valence-electron chi connectivity index (χ4n) is 3.69. The van der Waals surface area contributed by atoms with Crippen molar-refractivity contribution in [2.24, 2.45) is 5.41 Å². The maximum atomic E-state index is 12.6. The van der Waals surface area contributed by atoms with Crippen molar-refractivity contribution in [1.82, 2.24) is 10.2 Å². The number of likely N-dealkylation sites (tertiary alicyclic amines) is 1. The SMILES string of the molecule is CCN(C(=O)CN1CCC2(CCNC2)C1)c1ccccc1.Cl. The lowest BCUT2D eigenvalue weighted by Crippen LogP contribution is -2.40. The van der Waals surface area contributed by atoms with Crippen LogP contribution >= 0.6 is 12.4 Å². The van der Waals surface area contributed by atoms with E-state index in [-0.39, 0.29) is 18.3 Å². The van der Waals surface area contributed by atoms with Gasteiger partial charge in [0.05, 0.1) is 6.54 Å². The van der Waals surface area contributed by atoms with Crippen molar-refractivity contribution in [3.05, 3.63) is 30.3 Å². The molecule has 0 radical (unpaired) electrons. The topological polar surface area (TPSA) is 35.6 Å². The molecule has 3 rings (SSSR count). The number of carbonyl (C=O) groups excluding carboxylic acids is 1. The first-order chi connectivity index (χ1) is 10.2. The van der Waals surface area contributed by atoms with Gasteiger partial charge in [0.2, 0.25) is 5.91 Å². The summed E-state index contributed by atoms with van der Waals surface area (Å²) in [5, 5.41) is 3.47. The number of anilines is 1. The van der Waals surface area contributed by atoms with Crippen LogP contribution in [0.3, 0.4) is 0 Å². The van der Waals surface area contributed by atoms with Crippen LogP contribution in [0.4, 0.5) is 5.69 Å². The Morgan fingerprint density at radius 2 is 2.09 bits per heavy atom. The molecular formula is C17H26ClN3O. The highest BCUT2D eigenvalue weighted by atomic mass is 35.5. The molecule has 1 amide bonds. The Morgan fingerprint density at radius 1 is 1.32 bits per heavy atom. The van der Waals surface area contributed by atoms with E-state index in [4.69, 9.17) is 0 Å². The molecule has 5 heteroatoms. The Kier molecular flexibility index (Phi) is 5.84. The van der Waals surface area contributed by atoms with Gasteiger partial charge in [0.25, 0.3) is 0 Å². The standard InChI is InChI=1S/C17H25N3O.ClH/c1-2-20(15-6-4-3-5-7-15)16(21)12-19-11-9-17(14-19)8-10-18-13-17;/h3-7,18H,2,8-14H2,1H3;1H. The molecule has 122 valence electrons. The van der Waals surface area contributed by atoms with Gasteiger partial charge in [0, 0.05) is 25.3 Å². The van der Waals surface area contributed by atoms with E-state index in [2.05, 4.69) is 10.2 Å². The molecule has 4 nitrogen and oxygen atoms in total. The molecule has 1 aromatic rings. The lowest BCUT2D eigenvalue weighted by Gasteiger charge is -2.26. The Hall–Kier alpha value is -1.10. The summed E-state index contributed by atoms with van der Waals surface area (Å²) < 4.78 is 0. The molecule has 1 aromatic carbocycles. The first-order valence-corrected chi connectivity index (χ1v) is 8.01. The predicted octanol–water partition coefficient (Wildman–Crippen LogP) is 2.15. The quantitative estimate of drug-likeness (QED) is 0.922. The molecule has 2 saturated heterocycles. The number of nitrogens with one attached hydrogen (secondary N) is 1. The molecule has 22 heavy (non-hydrogen) atoms. The Balaban J connectivity index is 0.00000176. The van der Waals surface area contributed by atoms with E-state index in [1.54, 1.807) is 0 Å². The second kappa shape index (κ2) is 7.44. The first kappa shape index (κ1) is 17.3. The van der Waals surface area contributed by atoms with E-state index in [0.717, 1.165) is 38.4 Å². The van der Waals surface area contributed by atoms with Gasteiger partial charge in [-0.25, -0.2) is 0 Å². The van der Waals surface area contributed by atoms with Crippen molar-refractivity contribution in [2.75, 3.05) is 44.2 Å². The number of rotatable bonds is 4. The van der Waals surface area contributed by atoms with Crippen LogP contribution in [-0.2, 0) is 4.79 Å². The first-order valence-electron chi connectivity index (χ1n) is 8.01. The summed E-state index contributed by atoms with van der Waals surface area (Å²) in [5.41, 5.74) is 1.44. The summed E-state index contributed by atoms with van der Waals surface area (Å²) in [7, 11) is 0. The average molecular weight is 324 g/mol. The molecule has 1 N–H and O–H groups in total. The lowest BCUT2D eigenvalue weighted by atomic mass is 9.87. The van der Waals surface area contributed by atoms with E-state index < -0.39 is 0 Å². The molecule has 1 spiro atoms. The maximum Gasteiger partial charge on any atom is 0.241 e. The average Bonchev–Trinajstić information content (AvgIpc) is 3.11. The number of benzene rings is 1. The third kappa shape index (κ3) is 3.62. The van der Waals surface area contributed by atoms with Crippen LogP contribution in [0.5, 0.6) is 0 Å². The molecule has 0 aromatic heterocycles. The van der Waals surface area contributed by atoms with Gasteiger partial charge in [-0.3, -0.25) is 9.69 Å². The molecule has 2 aliphatic heterocycles. The lowest BCUT2D eigenvalue weighted by molar-refractivity contribution is -0.119. The molecule has 2 heterocycles. The van der Waals surface area contributed by atoms with Crippen molar-refractivity contribution in [3.63, 3.8) is 0 Å². The van der Waals surface area contributed by atoms with Gasteiger partial charge in [-0.05, 0) is 50.4 Å². The van der Waals surface area contributed by atoms with E-state index >= 15 is 0 Å². The van der Waals surface area contributed by atoms with E-state index in [1.807, 2.05) is 42.2 Å². The highest BCUT2D eigenvalue weighted by Crippen LogP contribution is 2.35. The molecule has 1 atom stereocenters. The van der Waals surface area contributed by atoms with E-state index in [0.29, 0.717) is 12.0 Å². The third-order valence-corrected chi connectivity index (χ3v) is 4.89. The third-order valence-electron chi connectivity index (χ3n) is 4.89. The highest BCUT2D eigenvalue weighted by Gasteiger charge is 2.40. The monoisotopic (exact) mass is 323 g/mol. The minimum Gasteiger partial charge on any atom is -0.316 e. The summed E-state index contributed by atoms with van der Waals surface area (Å²) >= 11 is 0. The van der Waals surface area contributed by atoms with Crippen molar-refractivity contribution < 1.29 is 4.79 Å². The van der Waals surface area contributed by atoms with Crippen LogP contribution in [0.25, 0.3) is 0 Å². The molecule has 0 bridgehead atoms. The molecular weight excluding hydrogens is 298 g/mol. The summed E-state index contributed by atoms with van der Waals surface area (Å²) in [6.07, 6.45) is 2.48. The Morgan fingerprint density at radius 3 is 2.73 bits per heavy atom. The highest BCUT2D eigenvalue weighted by molar-refractivity contribution is 5.94. The van der Waals surface area contributed by atoms with Gasteiger partial charge in [0.15, 0.2) is 0 Å². The van der Waals surface area contributed by atoms with Crippen molar-refractivity contribution in [2.45, 2.75) is 19.8 Å². The largest absolute Gasteiger partial charge is 0.316 e. The zero-order valence-corrected chi connectivity index (χ0v) is 14.1. The van der Waals surface area contributed by atoms with Crippen LogP contribution < -0.4 is 10.2 Å². The zero-order valence-electron chi connectivity index (χ0n) is 13.3. The number of para-hydroxylation sites is 1. The van der Waals surface area contributed by atoms with E-state index in [1.165, 1.54) is 12.8 Å². The number of likely N-dealkylation sites (N-methyl/N-ethyl adjacent to an activating group) is 1. The minimum atomic E-state index is 0. The number of amides is 1. The second-order valence-corrected chi connectivity index (χ2v) is 6.36. The van der Waals surface area contributed by atoms with Gasteiger partial charge in [-0.1, -0.05) is 18.2 Å². The van der Waals surface area contributed by atoms with Gasteiger partial charge in [-0.15, -0.1) is 12.4 Å². The predicted molar refractivity (Wildman–Crippen MR) is 92.7 cm³/mol. The Labute approximate surface area is 139 Å². The van der Waals surface area contributed by atoms with Gasteiger partial charge in [0.1, 0.15) is 0 Å². The van der Waals surface area contributed by atoms with Crippen molar-refractivity contribution >= 4 is 24.0 Å². The van der Waals surface area contributed by atoms with Gasteiger partial charge >= 0.3 is 0 Å². The van der Waals surface area contributed by atoms with Crippen LogP contribution in [0.2, 0.25) is 0 Å². The van der Waals surface area contributed by atoms with Crippen molar-refractivity contribution in [1.29, 1.82) is 0 Å². The molecule has 0 saturated carbocycles. The summed E-state index contributed by atoms with van der Waals surface area (Å²) in [6.45, 7) is 7.68. The molecule has 1 unspecified atom stereocenters. The van der Waals surface area contributed by atoms with Gasteiger partial charge < -0.3 is 10.2 Å². The minimum absolute atomic E-state index is 0. The van der Waals surface area contributed by atoms with Crippen LogP contribution in [0, 0.1) is 5.41 Å². The van der Waals surface area contributed by atoms with E-state index in [9.17, 15) is 4.79 Å². The molecule has 2 fully saturated rings. The van der Waals surface area contributed by atoms with Crippen LogP contribution in [-0.4, -0.2) is 50.1 Å². The van der Waals surface area contributed by atoms with Crippen LogP contribution in [0.15, 0.2) is 30.3 Å². The summed E-state index contributed by atoms with van der Waals surface area (Å²) in [5.74, 6) is 0.215. The normalized spacial score (nSPS) is 24.4. The number of hydrogen-bond acceptors (Lipinski definition) is 3. The zero-order chi connectivity index (χ0) is 14.7. The number of halogens is 1. The Bertz CT molecular complexity index is 488. The van der Waals surface area contributed by atoms with Crippen LogP contribution in [0.1, 0.15) is 19.8 Å². The molecule has 0 aliphatic carbocycles. The number of nitrogens with zero attached hydrogens (tertiary/aromatic N) is 2. The smallest absolute Gasteiger partial charge is 0.241 e. The van der Waals surface area contributed by atoms with Crippen molar-refractivity contribution in [3.8, 4) is 0 Å². The fourth-order valence-corrected chi connectivity index (χ4v) is 3.69. The summed E-state index contributed by atoms with van der Waals surface area (Å²) in [4.78, 5) is 16.8. The summed E-state index contributed by atoms with van der Waals surface area (Å²) in [6, 6.07) is 9.97. The second-order valence-electron chi connectivity index (χ2n) is 6.36. The van der Waals surface area contributed by atoms with Gasteiger partial charge in [-0.2, -0.15) is 0 Å². The maximum absolute atomic E-state index is 12.6.